The molecule has 0 saturated heterocycles. The van der Waals surface area contributed by atoms with Crippen LogP contribution >= 0.6 is 0 Å². The molecule has 0 fully saturated rings. The summed E-state index contributed by atoms with van der Waals surface area (Å²) in [5.74, 6) is 0.489. The lowest BCUT2D eigenvalue weighted by Crippen LogP contribution is -2.22. The van der Waals surface area contributed by atoms with E-state index in [1.54, 1.807) is 0 Å². The summed E-state index contributed by atoms with van der Waals surface area (Å²) >= 11 is 0. The summed E-state index contributed by atoms with van der Waals surface area (Å²) in [6.45, 7) is 20.1. The van der Waals surface area contributed by atoms with Crippen molar-refractivity contribution in [3.05, 3.63) is 46.6 Å². The van der Waals surface area contributed by atoms with Gasteiger partial charge >= 0.3 is 0 Å². The van der Waals surface area contributed by atoms with Gasteiger partial charge in [0.15, 0.2) is 6.29 Å². The van der Waals surface area contributed by atoms with E-state index in [2.05, 4.69) is 72.8 Å². The zero-order valence-corrected chi connectivity index (χ0v) is 23.3. The van der Waals surface area contributed by atoms with Crippen LogP contribution in [-0.2, 0) is 9.47 Å². The first-order chi connectivity index (χ1) is 15.4. The molecule has 192 valence electrons. The zero-order valence-electron chi connectivity index (χ0n) is 23.3. The molecule has 0 amide bonds. The molecule has 33 heavy (non-hydrogen) atoms. The lowest BCUT2D eigenvalue weighted by molar-refractivity contribution is -0.137. The van der Waals surface area contributed by atoms with Crippen LogP contribution in [0.5, 0.6) is 0 Å². The summed E-state index contributed by atoms with van der Waals surface area (Å²) in [5, 5.41) is 9.96. The van der Waals surface area contributed by atoms with Crippen molar-refractivity contribution in [1.29, 1.82) is 0 Å². The molecule has 0 aromatic carbocycles. The second kappa shape index (κ2) is 18.2. The van der Waals surface area contributed by atoms with Crippen LogP contribution in [0.4, 0.5) is 0 Å². The predicted octanol–water partition coefficient (Wildman–Crippen LogP) is 8.70. The molecule has 0 bridgehead atoms. The highest BCUT2D eigenvalue weighted by molar-refractivity contribution is 5.03. The third-order valence-corrected chi connectivity index (χ3v) is 5.69. The first-order valence-electron chi connectivity index (χ1n) is 12.9. The van der Waals surface area contributed by atoms with Gasteiger partial charge in [0.25, 0.3) is 0 Å². The van der Waals surface area contributed by atoms with E-state index in [1.807, 2.05) is 13.8 Å². The van der Waals surface area contributed by atoms with Gasteiger partial charge in [-0.15, -0.1) is 0 Å². The highest BCUT2D eigenvalue weighted by Crippen LogP contribution is 2.21. The van der Waals surface area contributed by atoms with Crippen LogP contribution in [0.3, 0.4) is 0 Å². The molecule has 0 aromatic heterocycles. The molecular weight excluding hydrogens is 408 g/mol. The summed E-state index contributed by atoms with van der Waals surface area (Å²) in [5.41, 5.74) is 4.87. The van der Waals surface area contributed by atoms with Crippen molar-refractivity contribution < 1.29 is 14.6 Å². The molecule has 0 radical (unpaired) electrons. The first kappa shape index (κ1) is 31.8. The molecule has 1 unspecified atom stereocenters. The Morgan fingerprint density at radius 2 is 1.24 bits per heavy atom. The van der Waals surface area contributed by atoms with E-state index in [0.29, 0.717) is 19.1 Å². The van der Waals surface area contributed by atoms with E-state index in [1.165, 1.54) is 22.3 Å². The minimum Gasteiger partial charge on any atom is -0.390 e. The zero-order chi connectivity index (χ0) is 25.3. The van der Waals surface area contributed by atoms with E-state index in [9.17, 15) is 5.11 Å². The number of hydrogen-bond acceptors (Lipinski definition) is 3. The Labute approximate surface area is 206 Å². The second-order valence-corrected chi connectivity index (χ2v) is 10.9. The van der Waals surface area contributed by atoms with E-state index in [0.717, 1.165) is 51.4 Å². The van der Waals surface area contributed by atoms with Crippen LogP contribution < -0.4 is 0 Å². The fourth-order valence-electron chi connectivity index (χ4n) is 3.49. The highest BCUT2D eigenvalue weighted by Gasteiger charge is 2.16. The maximum atomic E-state index is 9.96. The summed E-state index contributed by atoms with van der Waals surface area (Å²) in [7, 11) is 0. The molecule has 0 saturated carbocycles. The fourth-order valence-corrected chi connectivity index (χ4v) is 3.49. The van der Waals surface area contributed by atoms with Gasteiger partial charge in [-0.1, -0.05) is 66.4 Å². The van der Waals surface area contributed by atoms with Crippen LogP contribution in [-0.4, -0.2) is 30.2 Å². The molecule has 0 aliphatic carbocycles. The van der Waals surface area contributed by atoms with Crippen LogP contribution in [0.1, 0.15) is 114 Å². The van der Waals surface area contributed by atoms with Gasteiger partial charge in [-0.3, -0.25) is 0 Å². The highest BCUT2D eigenvalue weighted by atomic mass is 16.7. The number of allylic oxidation sites excluding steroid dienone is 6. The van der Waals surface area contributed by atoms with Crippen molar-refractivity contribution in [2.24, 2.45) is 5.92 Å². The summed E-state index contributed by atoms with van der Waals surface area (Å²) < 4.78 is 12.3. The Bertz CT molecular complexity index is 581. The predicted molar refractivity (Wildman–Crippen MR) is 144 cm³/mol. The van der Waals surface area contributed by atoms with E-state index in [4.69, 9.17) is 9.47 Å². The van der Waals surface area contributed by atoms with Crippen molar-refractivity contribution >= 4 is 0 Å². The molecule has 0 rings (SSSR count). The second-order valence-electron chi connectivity index (χ2n) is 10.9. The van der Waals surface area contributed by atoms with Crippen molar-refractivity contribution in [2.75, 3.05) is 13.2 Å². The van der Waals surface area contributed by atoms with Crippen LogP contribution in [0.2, 0.25) is 0 Å². The molecule has 0 spiro atoms. The average molecular weight is 463 g/mol. The normalized spacial score (nSPS) is 14.7. The number of rotatable bonds is 18. The van der Waals surface area contributed by atoms with E-state index >= 15 is 0 Å². The Balaban J connectivity index is 4.73. The number of ether oxygens (including phenoxy) is 2. The van der Waals surface area contributed by atoms with Gasteiger partial charge in [-0.25, -0.2) is 0 Å². The SMILES string of the molecule is CC(C)=CCCC(C)=CCOC(CC(C)CCCC(C)(C)O)OCC=C(C)CCC=C(C)C. The molecule has 1 atom stereocenters. The summed E-state index contributed by atoms with van der Waals surface area (Å²) in [6, 6.07) is 0. The molecule has 0 aromatic rings. The molecular formula is C30H54O3. The molecule has 1 N–H and O–H groups in total. The maximum Gasteiger partial charge on any atom is 0.158 e. The lowest BCUT2D eigenvalue weighted by atomic mass is 9.95. The van der Waals surface area contributed by atoms with E-state index in [-0.39, 0.29) is 6.29 Å². The van der Waals surface area contributed by atoms with Crippen molar-refractivity contribution in [3.63, 3.8) is 0 Å². The first-order valence-corrected chi connectivity index (χ1v) is 12.9. The maximum absolute atomic E-state index is 9.96. The van der Waals surface area contributed by atoms with Crippen LogP contribution in [0.15, 0.2) is 46.6 Å². The Morgan fingerprint density at radius 1 is 0.788 bits per heavy atom. The van der Waals surface area contributed by atoms with Gasteiger partial charge in [0.05, 0.1) is 18.8 Å². The topological polar surface area (TPSA) is 38.7 Å². The van der Waals surface area contributed by atoms with Crippen molar-refractivity contribution in [2.45, 2.75) is 126 Å². The fraction of sp³-hybridized carbons (Fsp3) is 0.733. The third-order valence-electron chi connectivity index (χ3n) is 5.69. The van der Waals surface area contributed by atoms with Crippen molar-refractivity contribution in [1.82, 2.24) is 0 Å². The average Bonchev–Trinajstić information content (AvgIpc) is 2.66. The Morgan fingerprint density at radius 3 is 1.64 bits per heavy atom. The summed E-state index contributed by atoms with van der Waals surface area (Å²) in [6.07, 6.45) is 16.8. The third kappa shape index (κ3) is 22.4. The number of hydrogen-bond donors (Lipinski definition) is 1. The van der Waals surface area contributed by atoms with Crippen LogP contribution in [0, 0.1) is 5.92 Å². The van der Waals surface area contributed by atoms with Gasteiger partial charge in [0.2, 0.25) is 0 Å². The standard InChI is InChI=1S/C30H54O3/c1-24(2)13-10-15-26(5)18-21-32-29(23-28(7)17-12-20-30(8,9)31)33-22-19-27(6)16-11-14-25(3)4/h13-14,18-19,28-29,31H,10-12,15-17,20-23H2,1-9H3. The lowest BCUT2D eigenvalue weighted by Gasteiger charge is -2.23. The molecule has 0 aliphatic rings. The smallest absolute Gasteiger partial charge is 0.158 e. The van der Waals surface area contributed by atoms with Gasteiger partial charge < -0.3 is 14.6 Å². The van der Waals surface area contributed by atoms with Crippen LogP contribution in [0.25, 0.3) is 0 Å². The quantitative estimate of drug-likeness (QED) is 0.163. The molecule has 0 heterocycles. The van der Waals surface area contributed by atoms with Crippen molar-refractivity contribution in [3.8, 4) is 0 Å². The van der Waals surface area contributed by atoms with Gasteiger partial charge in [0.1, 0.15) is 0 Å². The molecule has 3 nitrogen and oxygen atoms in total. The van der Waals surface area contributed by atoms with E-state index < -0.39 is 5.60 Å². The van der Waals surface area contributed by atoms with Gasteiger partial charge in [-0.05, 0) is 93.4 Å². The number of aliphatic hydroxyl groups is 1. The molecule has 0 aliphatic heterocycles. The molecule has 3 heteroatoms. The Hall–Kier alpha value is -1.16. The van der Waals surface area contributed by atoms with Gasteiger partial charge in [0, 0.05) is 6.42 Å². The minimum absolute atomic E-state index is 0.203. The minimum atomic E-state index is -0.590. The largest absolute Gasteiger partial charge is 0.390 e. The Kier molecular flexibility index (Phi) is 17.6. The van der Waals surface area contributed by atoms with Gasteiger partial charge in [-0.2, -0.15) is 0 Å². The monoisotopic (exact) mass is 462 g/mol. The summed E-state index contributed by atoms with van der Waals surface area (Å²) in [4.78, 5) is 0.